The molecular weight excluding hydrogens is 560 g/mol. The van der Waals surface area contributed by atoms with Crippen molar-refractivity contribution in [1.29, 1.82) is 0 Å². The highest BCUT2D eigenvalue weighted by Gasteiger charge is 2.27. The lowest BCUT2D eigenvalue weighted by molar-refractivity contribution is -0.151. The molecule has 218 valence electrons. The predicted octanol–water partition coefficient (Wildman–Crippen LogP) is 3.58. The van der Waals surface area contributed by atoms with E-state index in [4.69, 9.17) is 4.52 Å². The van der Waals surface area contributed by atoms with Crippen molar-refractivity contribution in [3.05, 3.63) is 64.7 Å². The lowest BCUT2D eigenvalue weighted by Crippen LogP contribution is -2.49. The van der Waals surface area contributed by atoms with Gasteiger partial charge < -0.3 is 20.1 Å². The normalized spacial score (nSPS) is 12.2. The van der Waals surface area contributed by atoms with E-state index in [0.717, 1.165) is 34.5 Å². The average Bonchev–Trinajstić information content (AvgIpc) is 3.52. The number of rotatable bonds is 11. The molecule has 0 bridgehead atoms. The second-order valence-electron chi connectivity index (χ2n) is 9.35. The second kappa shape index (κ2) is 14.9. The van der Waals surface area contributed by atoms with Gasteiger partial charge in [0.05, 0.1) is 6.54 Å². The third kappa shape index (κ3) is 8.14. The summed E-state index contributed by atoms with van der Waals surface area (Å²) in [7, 11) is 1.69. The van der Waals surface area contributed by atoms with E-state index in [0.29, 0.717) is 37.9 Å². The molecule has 0 spiro atoms. The van der Waals surface area contributed by atoms with Crippen LogP contribution in [0.3, 0.4) is 0 Å². The van der Waals surface area contributed by atoms with Crippen molar-refractivity contribution in [2.45, 2.75) is 33.9 Å². The summed E-state index contributed by atoms with van der Waals surface area (Å²) in [5.41, 5.74) is 4.38. The number of hydrazine groups is 1. The molecule has 0 atom stereocenters. The smallest absolute Gasteiger partial charge is 0.257 e. The Morgan fingerprint density at radius 2 is 1.82 bits per heavy atom. The van der Waals surface area contributed by atoms with Gasteiger partial charge in [-0.25, -0.2) is 9.40 Å². The van der Waals surface area contributed by atoms with Crippen molar-refractivity contribution in [1.82, 2.24) is 30.4 Å². The molecule has 10 nitrogen and oxygen atoms in total. The molecule has 0 saturated heterocycles. The zero-order valence-electron chi connectivity index (χ0n) is 23.1. The number of anilines is 1. The van der Waals surface area contributed by atoms with Crippen LogP contribution in [0.25, 0.3) is 11.5 Å². The number of nitrogens with one attached hydrogen (secondary N) is 2. The van der Waals surface area contributed by atoms with E-state index in [1.807, 2.05) is 37.1 Å². The number of amides is 2. The highest BCUT2D eigenvalue weighted by atomic mass is 35.5. The van der Waals surface area contributed by atoms with Crippen LogP contribution in [0.15, 0.2) is 40.9 Å². The van der Waals surface area contributed by atoms with Gasteiger partial charge >= 0.3 is 0 Å². The van der Waals surface area contributed by atoms with Crippen molar-refractivity contribution in [2.75, 3.05) is 45.1 Å². The molecule has 0 fully saturated rings. The Hall–Kier alpha value is -3.25. The summed E-state index contributed by atoms with van der Waals surface area (Å²) in [6, 6.07) is 10.3. The standard InChI is InChI=1S/C27H34FN7O3.2ClH/c1-5-29-10-11-34(17-26(37)33(4)35-15-21-6-8-23(28)13-22(21)16-35)25(36)14-30-24-9-7-20(12-18(24)2)27-31-19(3)32-38-27;;/h6-9,12-13,29-30H,5,10-11,14-17H2,1-4H3;2*1H. The molecule has 2 amide bonds. The maximum atomic E-state index is 13.6. The molecule has 40 heavy (non-hydrogen) atoms. The van der Waals surface area contributed by atoms with Gasteiger partial charge in [-0.1, -0.05) is 18.1 Å². The molecule has 1 aromatic heterocycles. The van der Waals surface area contributed by atoms with Crippen LogP contribution < -0.4 is 10.6 Å². The third-order valence-electron chi connectivity index (χ3n) is 6.58. The summed E-state index contributed by atoms with van der Waals surface area (Å²) in [6.07, 6.45) is 0. The molecule has 2 aromatic carbocycles. The maximum Gasteiger partial charge on any atom is 0.257 e. The molecule has 0 saturated carbocycles. The predicted molar refractivity (Wildman–Crippen MR) is 156 cm³/mol. The van der Waals surface area contributed by atoms with Gasteiger partial charge in [-0.3, -0.25) is 14.6 Å². The van der Waals surface area contributed by atoms with Gasteiger partial charge in [0.15, 0.2) is 5.82 Å². The quantitative estimate of drug-likeness (QED) is 0.324. The van der Waals surface area contributed by atoms with Gasteiger partial charge in [0.25, 0.3) is 11.8 Å². The first-order valence-corrected chi connectivity index (χ1v) is 12.7. The van der Waals surface area contributed by atoms with E-state index < -0.39 is 0 Å². The fourth-order valence-corrected chi connectivity index (χ4v) is 4.36. The van der Waals surface area contributed by atoms with Gasteiger partial charge in [0.1, 0.15) is 12.4 Å². The largest absolute Gasteiger partial charge is 0.376 e. The van der Waals surface area contributed by atoms with E-state index in [1.54, 1.807) is 24.9 Å². The summed E-state index contributed by atoms with van der Waals surface area (Å²) < 4.78 is 18.8. The van der Waals surface area contributed by atoms with Crippen LogP contribution in [-0.2, 0) is 22.7 Å². The van der Waals surface area contributed by atoms with Crippen molar-refractivity contribution >= 4 is 42.3 Å². The first kappa shape index (κ1) is 33.0. The summed E-state index contributed by atoms with van der Waals surface area (Å²) in [6.45, 7) is 8.36. The first-order chi connectivity index (χ1) is 18.2. The molecule has 4 rings (SSSR count). The molecular formula is C27H36Cl2FN7O3. The molecule has 0 aliphatic carbocycles. The van der Waals surface area contributed by atoms with Crippen LogP contribution in [0.5, 0.6) is 0 Å². The number of carbonyl (C=O) groups is 2. The van der Waals surface area contributed by atoms with E-state index in [-0.39, 0.29) is 55.5 Å². The van der Waals surface area contributed by atoms with E-state index >= 15 is 0 Å². The van der Waals surface area contributed by atoms with E-state index in [2.05, 4.69) is 20.8 Å². The van der Waals surface area contributed by atoms with Crippen LogP contribution in [0.2, 0.25) is 0 Å². The van der Waals surface area contributed by atoms with Crippen LogP contribution in [0.1, 0.15) is 29.4 Å². The number of aryl methyl sites for hydroxylation is 2. The molecule has 1 aliphatic rings. The maximum absolute atomic E-state index is 13.6. The fraction of sp³-hybridized carbons (Fsp3) is 0.407. The van der Waals surface area contributed by atoms with Crippen molar-refractivity contribution in [2.24, 2.45) is 0 Å². The summed E-state index contributed by atoms with van der Waals surface area (Å²) >= 11 is 0. The highest BCUT2D eigenvalue weighted by molar-refractivity contribution is 5.87. The Balaban J connectivity index is 0.00000280. The van der Waals surface area contributed by atoms with Crippen LogP contribution in [0, 0.1) is 19.7 Å². The Morgan fingerprint density at radius 3 is 2.50 bits per heavy atom. The van der Waals surface area contributed by atoms with E-state index in [1.165, 1.54) is 17.1 Å². The van der Waals surface area contributed by atoms with E-state index in [9.17, 15) is 14.0 Å². The van der Waals surface area contributed by atoms with Gasteiger partial charge in [0.2, 0.25) is 5.91 Å². The zero-order chi connectivity index (χ0) is 27.2. The van der Waals surface area contributed by atoms with Gasteiger partial charge in [-0.15, -0.1) is 24.8 Å². The Kier molecular flexibility index (Phi) is 12.3. The number of hydrogen-bond donors (Lipinski definition) is 2. The molecule has 2 heterocycles. The SMILES string of the molecule is CCNCCN(CC(=O)N(C)N1Cc2ccc(F)cc2C1)C(=O)CNc1ccc(-c2nc(C)no2)cc1C.Cl.Cl. The lowest BCUT2D eigenvalue weighted by atomic mass is 10.1. The number of aromatic nitrogens is 2. The van der Waals surface area contributed by atoms with Crippen LogP contribution >= 0.6 is 24.8 Å². The Labute approximate surface area is 246 Å². The highest BCUT2D eigenvalue weighted by Crippen LogP contribution is 2.25. The summed E-state index contributed by atoms with van der Waals surface area (Å²) in [5, 5.41) is 13.6. The van der Waals surface area contributed by atoms with Crippen LogP contribution in [0.4, 0.5) is 10.1 Å². The first-order valence-electron chi connectivity index (χ1n) is 12.7. The number of benzene rings is 2. The number of hydrogen-bond acceptors (Lipinski definition) is 8. The molecule has 13 heteroatoms. The van der Waals surface area contributed by atoms with Crippen molar-refractivity contribution in [3.63, 3.8) is 0 Å². The molecule has 2 N–H and O–H groups in total. The van der Waals surface area contributed by atoms with Gasteiger partial charge in [0, 0.05) is 44.5 Å². The van der Waals surface area contributed by atoms with Crippen molar-refractivity contribution in [3.8, 4) is 11.5 Å². The monoisotopic (exact) mass is 595 g/mol. The number of nitrogens with zero attached hydrogens (tertiary/aromatic N) is 5. The Morgan fingerprint density at radius 1 is 1.07 bits per heavy atom. The summed E-state index contributed by atoms with van der Waals surface area (Å²) in [4.78, 5) is 32.1. The number of carbonyl (C=O) groups excluding carboxylic acids is 2. The average molecular weight is 597 g/mol. The minimum Gasteiger partial charge on any atom is -0.376 e. The number of fused-ring (bicyclic) bond motifs is 1. The lowest BCUT2D eigenvalue weighted by Gasteiger charge is -2.31. The fourth-order valence-electron chi connectivity index (χ4n) is 4.36. The molecule has 0 unspecified atom stereocenters. The molecule has 3 aromatic rings. The minimum absolute atomic E-state index is 0. The third-order valence-corrected chi connectivity index (χ3v) is 6.58. The van der Waals surface area contributed by atoms with Crippen LogP contribution in [-0.4, -0.2) is 76.6 Å². The molecule has 1 aliphatic heterocycles. The van der Waals surface area contributed by atoms with Gasteiger partial charge in [-0.2, -0.15) is 4.98 Å². The minimum atomic E-state index is -0.290. The van der Waals surface area contributed by atoms with Crippen molar-refractivity contribution < 1.29 is 18.5 Å². The molecule has 0 radical (unpaired) electrons. The summed E-state index contributed by atoms with van der Waals surface area (Å²) in [5.74, 6) is 0.316. The topological polar surface area (TPSA) is 107 Å². The Bertz CT molecular complexity index is 1310. The van der Waals surface area contributed by atoms with Gasteiger partial charge in [-0.05, 0) is 67.4 Å². The number of likely N-dealkylation sites (N-methyl/N-ethyl adjacent to an activating group) is 2. The number of halogens is 3. The zero-order valence-corrected chi connectivity index (χ0v) is 24.7. The second-order valence-corrected chi connectivity index (χ2v) is 9.35.